The number of nitrogens with one attached hydrogen (secondary N) is 3. The predicted octanol–water partition coefficient (Wildman–Crippen LogP) is 5.28. The number of nitrogens with zero attached hydrogens (tertiary/aromatic N) is 2. The van der Waals surface area contributed by atoms with Gasteiger partial charge in [-0.15, -0.1) is 10.2 Å². The Hall–Kier alpha value is -2.85. The number of aromatic nitrogens is 2. The number of urea groups is 1. The van der Waals surface area contributed by atoms with E-state index in [2.05, 4.69) is 42.1 Å². The third-order valence-corrected chi connectivity index (χ3v) is 6.23. The number of carbonyl (C=O) groups is 2. The zero-order valence-corrected chi connectivity index (χ0v) is 19.3. The van der Waals surface area contributed by atoms with E-state index in [1.165, 1.54) is 23.5 Å². The van der Waals surface area contributed by atoms with Gasteiger partial charge < -0.3 is 10.6 Å². The first-order valence-electron chi connectivity index (χ1n) is 9.59. The van der Waals surface area contributed by atoms with Crippen LogP contribution in [0.25, 0.3) is 10.6 Å². The minimum Gasteiger partial charge on any atom is -0.326 e. The van der Waals surface area contributed by atoms with Gasteiger partial charge in [0.25, 0.3) is 0 Å². The molecule has 2 aromatic carbocycles. The van der Waals surface area contributed by atoms with Gasteiger partial charge in [-0.1, -0.05) is 43.7 Å². The maximum absolute atomic E-state index is 13.1. The van der Waals surface area contributed by atoms with Crippen LogP contribution in [0.4, 0.5) is 20.0 Å². The highest BCUT2D eigenvalue weighted by atomic mass is 79.9. The van der Waals surface area contributed by atoms with Crippen LogP contribution in [-0.2, 0) is 4.79 Å². The van der Waals surface area contributed by atoms with E-state index in [0.717, 1.165) is 4.47 Å². The molecule has 0 saturated heterocycles. The van der Waals surface area contributed by atoms with Gasteiger partial charge in [0.15, 0.2) is 0 Å². The van der Waals surface area contributed by atoms with Crippen molar-refractivity contribution < 1.29 is 14.0 Å². The third kappa shape index (κ3) is 6.08. The molecular formula is C21H21BrFN5O2S. The monoisotopic (exact) mass is 505 g/mol. The van der Waals surface area contributed by atoms with E-state index in [0.29, 0.717) is 27.8 Å². The average Bonchev–Trinajstić information content (AvgIpc) is 3.22. The van der Waals surface area contributed by atoms with E-state index in [1.807, 2.05) is 26.0 Å². The lowest BCUT2D eigenvalue weighted by Gasteiger charge is -2.23. The second kappa shape index (κ2) is 10.5. The van der Waals surface area contributed by atoms with E-state index in [-0.39, 0.29) is 11.7 Å². The Morgan fingerprint density at radius 3 is 2.48 bits per heavy atom. The summed E-state index contributed by atoms with van der Waals surface area (Å²) in [6, 6.07) is 11.8. The molecule has 10 heteroatoms. The Kier molecular flexibility index (Phi) is 7.69. The number of amides is 3. The van der Waals surface area contributed by atoms with Crippen molar-refractivity contribution >= 4 is 50.0 Å². The summed E-state index contributed by atoms with van der Waals surface area (Å²) in [6.07, 6.45) is 0.685. The van der Waals surface area contributed by atoms with E-state index < -0.39 is 18.0 Å². The Labute approximate surface area is 191 Å². The zero-order chi connectivity index (χ0) is 22.4. The minimum atomic E-state index is -0.773. The summed E-state index contributed by atoms with van der Waals surface area (Å²) in [5.74, 6) is -0.849. The van der Waals surface area contributed by atoms with Crippen molar-refractivity contribution in [3.8, 4) is 10.6 Å². The van der Waals surface area contributed by atoms with Gasteiger partial charge in [0.2, 0.25) is 11.0 Å². The minimum absolute atomic E-state index is 0.116. The number of hydrogen-bond acceptors (Lipinski definition) is 5. The van der Waals surface area contributed by atoms with Gasteiger partial charge in [0.05, 0.1) is 5.69 Å². The van der Waals surface area contributed by atoms with Crippen LogP contribution in [0.1, 0.15) is 20.3 Å². The summed E-state index contributed by atoms with van der Waals surface area (Å²) < 4.78 is 13.8. The van der Waals surface area contributed by atoms with Gasteiger partial charge in [0.1, 0.15) is 16.9 Å². The number of hydrogen-bond donors (Lipinski definition) is 3. The Bertz CT molecular complexity index is 1060. The molecule has 3 N–H and O–H groups in total. The maximum Gasteiger partial charge on any atom is 0.319 e. The second-order valence-electron chi connectivity index (χ2n) is 6.85. The van der Waals surface area contributed by atoms with Crippen LogP contribution < -0.4 is 16.0 Å². The number of carbonyl (C=O) groups excluding carboxylic acids is 2. The summed E-state index contributed by atoms with van der Waals surface area (Å²) >= 11 is 4.55. The quantitative estimate of drug-likeness (QED) is 0.406. The zero-order valence-electron chi connectivity index (χ0n) is 16.9. The summed E-state index contributed by atoms with van der Waals surface area (Å²) in [4.78, 5) is 25.4. The van der Waals surface area contributed by atoms with Crippen molar-refractivity contribution in [1.82, 2.24) is 15.5 Å². The van der Waals surface area contributed by atoms with Gasteiger partial charge in [0, 0.05) is 10.0 Å². The van der Waals surface area contributed by atoms with Crippen molar-refractivity contribution in [2.75, 3.05) is 10.6 Å². The van der Waals surface area contributed by atoms with Crippen LogP contribution in [0, 0.1) is 11.7 Å². The first kappa shape index (κ1) is 22.8. The van der Waals surface area contributed by atoms with Crippen LogP contribution in [0.2, 0.25) is 0 Å². The molecule has 0 aliphatic carbocycles. The fraction of sp³-hybridized carbons (Fsp3) is 0.238. The lowest BCUT2D eigenvalue weighted by Crippen LogP contribution is -2.49. The van der Waals surface area contributed by atoms with E-state index in [9.17, 15) is 14.0 Å². The molecule has 0 aliphatic heterocycles. The summed E-state index contributed by atoms with van der Waals surface area (Å²) in [5.41, 5.74) is 1.29. The highest BCUT2D eigenvalue weighted by Gasteiger charge is 2.27. The van der Waals surface area contributed by atoms with Crippen molar-refractivity contribution in [2.45, 2.75) is 26.3 Å². The molecule has 1 aromatic heterocycles. The van der Waals surface area contributed by atoms with E-state index >= 15 is 0 Å². The fourth-order valence-corrected chi connectivity index (χ4v) is 3.87. The molecule has 7 nitrogen and oxygen atoms in total. The van der Waals surface area contributed by atoms with Crippen molar-refractivity contribution in [2.24, 2.45) is 5.92 Å². The molecule has 0 spiro atoms. The molecule has 2 atom stereocenters. The largest absolute Gasteiger partial charge is 0.326 e. The normalized spacial score (nSPS) is 12.6. The summed E-state index contributed by atoms with van der Waals surface area (Å²) in [6.45, 7) is 3.82. The fourth-order valence-electron chi connectivity index (χ4n) is 2.73. The molecule has 1 heterocycles. The van der Waals surface area contributed by atoms with Gasteiger partial charge >= 0.3 is 6.03 Å². The van der Waals surface area contributed by atoms with Gasteiger partial charge in [-0.3, -0.25) is 10.1 Å². The summed E-state index contributed by atoms with van der Waals surface area (Å²) in [5, 5.41) is 17.1. The van der Waals surface area contributed by atoms with Crippen LogP contribution in [0.15, 0.2) is 53.0 Å². The molecular weight excluding hydrogens is 485 g/mol. The lowest BCUT2D eigenvalue weighted by atomic mass is 9.98. The smallest absolute Gasteiger partial charge is 0.319 e. The van der Waals surface area contributed by atoms with E-state index in [1.54, 1.807) is 24.3 Å². The van der Waals surface area contributed by atoms with Gasteiger partial charge in [-0.25, -0.2) is 9.18 Å². The molecule has 0 bridgehead atoms. The Morgan fingerprint density at radius 1 is 1.10 bits per heavy atom. The van der Waals surface area contributed by atoms with Crippen LogP contribution in [0.3, 0.4) is 0 Å². The first-order chi connectivity index (χ1) is 14.9. The molecule has 0 aliphatic rings. The van der Waals surface area contributed by atoms with Crippen LogP contribution in [-0.4, -0.2) is 28.2 Å². The Balaban J connectivity index is 1.68. The highest BCUT2D eigenvalue weighted by molar-refractivity contribution is 9.10. The van der Waals surface area contributed by atoms with Gasteiger partial charge in [-0.2, -0.15) is 0 Å². The van der Waals surface area contributed by atoms with E-state index in [4.69, 9.17) is 0 Å². The number of benzene rings is 2. The topological polar surface area (TPSA) is 96.0 Å². The molecule has 0 radical (unpaired) electrons. The predicted molar refractivity (Wildman–Crippen MR) is 123 cm³/mol. The molecule has 2 unspecified atom stereocenters. The number of rotatable bonds is 7. The molecule has 31 heavy (non-hydrogen) atoms. The van der Waals surface area contributed by atoms with Crippen molar-refractivity contribution in [3.63, 3.8) is 0 Å². The molecule has 0 saturated carbocycles. The lowest BCUT2D eigenvalue weighted by molar-refractivity contribution is -0.119. The maximum atomic E-state index is 13.1. The van der Waals surface area contributed by atoms with Gasteiger partial charge in [-0.05, 0) is 58.2 Å². The van der Waals surface area contributed by atoms with Crippen molar-refractivity contribution in [1.29, 1.82) is 0 Å². The molecule has 3 amide bonds. The van der Waals surface area contributed by atoms with Crippen LogP contribution in [0.5, 0.6) is 0 Å². The highest BCUT2D eigenvalue weighted by Crippen LogP contribution is 2.27. The Morgan fingerprint density at radius 2 is 1.81 bits per heavy atom. The molecule has 3 aromatic rings. The SMILES string of the molecule is CCC(C)C(NC(=O)Nc1ccccc1Br)C(=O)Nc1nnc(-c2ccc(F)cc2)s1. The number of anilines is 2. The number of halogens is 2. The average molecular weight is 506 g/mol. The van der Waals surface area contributed by atoms with Crippen molar-refractivity contribution in [3.05, 3.63) is 58.8 Å². The summed E-state index contributed by atoms with van der Waals surface area (Å²) in [7, 11) is 0. The molecule has 0 fully saturated rings. The molecule has 3 rings (SSSR count). The van der Waals surface area contributed by atoms with Crippen LogP contribution >= 0.6 is 27.3 Å². The standard InChI is InChI=1S/C21H21BrFN5O2S/c1-3-12(2)17(25-20(30)24-16-7-5-4-6-15(16)22)18(29)26-21-28-27-19(31-21)13-8-10-14(23)11-9-13/h4-12,17H,3H2,1-2H3,(H2,24,25,30)(H,26,28,29). The number of para-hydroxylation sites is 1. The second-order valence-corrected chi connectivity index (χ2v) is 8.68. The first-order valence-corrected chi connectivity index (χ1v) is 11.2. The third-order valence-electron chi connectivity index (χ3n) is 4.65. The molecule has 162 valence electrons.